The standard InChI is InChI=1S/C11H14N5O5P.Na/c12-8-6-9(14-4-13-8)16(5-15-6)10-7(17)11(3-20-10)1-2-22(18,19)21-11;/h4-5,7,10,17H,1-3H2,(H,18,19)(H2,12,13,14);/q;+1/p-1/t7-,10+,11+;/m0./s1. The molecule has 0 aromatic carbocycles. The summed E-state index contributed by atoms with van der Waals surface area (Å²) in [5, 5.41) is 10.5. The quantitative estimate of drug-likeness (QED) is 0.388. The number of imidazole rings is 1. The van der Waals surface area contributed by atoms with E-state index in [-0.39, 0.29) is 54.6 Å². The summed E-state index contributed by atoms with van der Waals surface area (Å²) in [4.78, 5) is 23.6. The van der Waals surface area contributed by atoms with E-state index in [4.69, 9.17) is 15.0 Å². The van der Waals surface area contributed by atoms with E-state index in [0.29, 0.717) is 11.2 Å². The van der Waals surface area contributed by atoms with E-state index in [2.05, 4.69) is 15.0 Å². The molecular formula is C11H13N5NaO5P. The van der Waals surface area contributed by atoms with Crippen LogP contribution in [0, 0.1) is 0 Å². The van der Waals surface area contributed by atoms with Crippen molar-refractivity contribution in [2.75, 3.05) is 18.5 Å². The summed E-state index contributed by atoms with van der Waals surface area (Å²) in [6.07, 6.45) is 0.775. The molecule has 1 spiro atoms. The van der Waals surface area contributed by atoms with Crippen molar-refractivity contribution in [1.82, 2.24) is 19.5 Å². The maximum absolute atomic E-state index is 11.6. The number of rotatable bonds is 1. The largest absolute Gasteiger partial charge is 1.00 e. The normalized spacial score (nSPS) is 36.6. The molecule has 2 aromatic heterocycles. The Morgan fingerprint density at radius 2 is 2.26 bits per heavy atom. The number of nitrogen functional groups attached to an aromatic ring is 1. The average Bonchev–Trinajstić information content (AvgIpc) is 3.10. The zero-order valence-electron chi connectivity index (χ0n) is 12.3. The van der Waals surface area contributed by atoms with Crippen LogP contribution in [0.15, 0.2) is 12.7 Å². The second-order valence-electron chi connectivity index (χ2n) is 5.47. The first-order chi connectivity index (χ1) is 10.4. The van der Waals surface area contributed by atoms with Gasteiger partial charge in [-0.3, -0.25) is 4.57 Å². The molecule has 2 aromatic rings. The SMILES string of the molecule is Nc1ncnc2c1ncn2[C@@H]1OC[C@]2(CCP(=O)([O-])O2)[C@H]1O.[Na+]. The van der Waals surface area contributed by atoms with Crippen molar-refractivity contribution >= 4 is 24.6 Å². The second-order valence-corrected chi connectivity index (χ2v) is 7.32. The third-order valence-electron chi connectivity index (χ3n) is 4.10. The van der Waals surface area contributed by atoms with Crippen LogP contribution in [-0.2, 0) is 13.8 Å². The number of aliphatic hydroxyl groups is 1. The van der Waals surface area contributed by atoms with Crippen LogP contribution in [0.3, 0.4) is 0 Å². The first kappa shape index (κ1) is 17.2. The van der Waals surface area contributed by atoms with Crippen molar-refractivity contribution in [3.05, 3.63) is 12.7 Å². The molecule has 2 fully saturated rings. The maximum Gasteiger partial charge on any atom is 1.00 e. The van der Waals surface area contributed by atoms with Crippen LogP contribution < -0.4 is 40.2 Å². The molecule has 4 atom stereocenters. The summed E-state index contributed by atoms with van der Waals surface area (Å²) in [5.41, 5.74) is 5.27. The van der Waals surface area contributed by atoms with Crippen molar-refractivity contribution in [1.29, 1.82) is 0 Å². The third kappa shape index (κ3) is 2.63. The molecule has 2 aliphatic rings. The number of nitrogens with two attached hydrogens (primary N) is 1. The van der Waals surface area contributed by atoms with E-state index >= 15 is 0 Å². The number of anilines is 1. The second kappa shape index (κ2) is 5.75. The summed E-state index contributed by atoms with van der Waals surface area (Å²) >= 11 is 0. The predicted octanol–water partition coefficient (Wildman–Crippen LogP) is -3.99. The van der Waals surface area contributed by atoms with E-state index in [0.717, 1.165) is 0 Å². The number of nitrogens with zero attached hydrogens (tertiary/aromatic N) is 4. The Bertz CT molecular complexity index is 802. The number of hydrogen-bond donors (Lipinski definition) is 2. The van der Waals surface area contributed by atoms with Crippen molar-refractivity contribution in [3.8, 4) is 0 Å². The van der Waals surface area contributed by atoms with Gasteiger partial charge in [0.1, 0.15) is 31.1 Å². The smallest absolute Gasteiger partial charge is 0.778 e. The van der Waals surface area contributed by atoms with Gasteiger partial charge in [-0.05, 0) is 6.42 Å². The van der Waals surface area contributed by atoms with Gasteiger partial charge in [-0.25, -0.2) is 15.0 Å². The van der Waals surface area contributed by atoms with E-state index in [1.807, 2.05) is 0 Å². The van der Waals surface area contributed by atoms with Crippen LogP contribution >= 0.6 is 7.60 Å². The average molecular weight is 349 g/mol. The minimum Gasteiger partial charge on any atom is -0.778 e. The fourth-order valence-corrected chi connectivity index (χ4v) is 4.50. The molecule has 4 heterocycles. The topological polar surface area (TPSA) is 148 Å². The van der Waals surface area contributed by atoms with Crippen molar-refractivity contribution in [2.45, 2.75) is 24.4 Å². The summed E-state index contributed by atoms with van der Waals surface area (Å²) in [5.74, 6) is 0.215. The Kier molecular flexibility index (Phi) is 4.31. The van der Waals surface area contributed by atoms with Gasteiger partial charge in [-0.1, -0.05) is 0 Å². The van der Waals surface area contributed by atoms with Crippen LogP contribution in [0.5, 0.6) is 0 Å². The molecule has 3 N–H and O–H groups in total. The zero-order chi connectivity index (χ0) is 15.5. The molecule has 1 unspecified atom stereocenters. The molecule has 0 bridgehead atoms. The van der Waals surface area contributed by atoms with Gasteiger partial charge >= 0.3 is 29.6 Å². The first-order valence-electron chi connectivity index (χ1n) is 6.65. The maximum atomic E-state index is 11.6. The van der Waals surface area contributed by atoms with Gasteiger partial charge in [0.05, 0.1) is 12.9 Å². The summed E-state index contributed by atoms with van der Waals surface area (Å²) in [6, 6.07) is 0. The number of aromatic nitrogens is 4. The van der Waals surface area contributed by atoms with Gasteiger partial charge in [0.2, 0.25) is 0 Å². The Balaban J connectivity index is 0.00000156. The van der Waals surface area contributed by atoms with Crippen LogP contribution in [0.1, 0.15) is 12.6 Å². The van der Waals surface area contributed by atoms with Gasteiger partial charge in [0, 0.05) is 6.16 Å². The van der Waals surface area contributed by atoms with Gasteiger partial charge in [-0.2, -0.15) is 0 Å². The van der Waals surface area contributed by atoms with Crippen LogP contribution in [0.4, 0.5) is 5.82 Å². The molecule has 2 saturated heterocycles. The molecule has 0 aliphatic carbocycles. The Labute approximate surface area is 152 Å². The molecule has 0 saturated carbocycles. The Morgan fingerprint density at radius 3 is 2.96 bits per heavy atom. The van der Waals surface area contributed by atoms with Gasteiger partial charge in [-0.15, -0.1) is 0 Å². The molecule has 2 aliphatic heterocycles. The molecular weight excluding hydrogens is 336 g/mol. The van der Waals surface area contributed by atoms with Gasteiger partial charge < -0.3 is 29.6 Å². The Hall–Kier alpha value is -0.580. The minimum atomic E-state index is -3.91. The fraction of sp³-hybridized carbons (Fsp3) is 0.545. The minimum absolute atomic E-state index is 0. The van der Waals surface area contributed by atoms with Crippen molar-refractivity contribution in [2.24, 2.45) is 0 Å². The Morgan fingerprint density at radius 1 is 1.48 bits per heavy atom. The molecule has 4 rings (SSSR count). The van der Waals surface area contributed by atoms with E-state index < -0.39 is 25.5 Å². The number of aliphatic hydroxyl groups excluding tert-OH is 1. The molecule has 0 radical (unpaired) electrons. The molecule has 12 heteroatoms. The van der Waals surface area contributed by atoms with E-state index in [1.54, 1.807) is 0 Å². The zero-order valence-corrected chi connectivity index (χ0v) is 15.2. The third-order valence-corrected chi connectivity index (χ3v) is 5.51. The predicted molar refractivity (Wildman–Crippen MR) is 71.6 cm³/mol. The fourth-order valence-electron chi connectivity index (χ4n) is 2.95. The number of hydrogen-bond acceptors (Lipinski definition) is 9. The monoisotopic (exact) mass is 349 g/mol. The van der Waals surface area contributed by atoms with Crippen LogP contribution in [0.2, 0.25) is 0 Å². The molecule has 0 amide bonds. The number of fused-ring (bicyclic) bond motifs is 1. The van der Waals surface area contributed by atoms with Crippen LogP contribution in [-0.4, -0.2) is 49.1 Å². The van der Waals surface area contributed by atoms with Crippen molar-refractivity contribution in [3.63, 3.8) is 0 Å². The molecule has 118 valence electrons. The summed E-state index contributed by atoms with van der Waals surface area (Å²) < 4.78 is 23.8. The first-order valence-corrected chi connectivity index (χ1v) is 8.38. The van der Waals surface area contributed by atoms with Crippen molar-refractivity contribution < 1.29 is 53.4 Å². The van der Waals surface area contributed by atoms with Gasteiger partial charge in [0.15, 0.2) is 17.7 Å². The summed E-state index contributed by atoms with van der Waals surface area (Å²) in [7, 11) is -3.91. The van der Waals surface area contributed by atoms with Crippen LogP contribution in [0.25, 0.3) is 11.2 Å². The number of ether oxygens (including phenoxy) is 1. The summed E-state index contributed by atoms with van der Waals surface area (Å²) in [6.45, 7) is -0.0225. The molecule has 10 nitrogen and oxygen atoms in total. The van der Waals surface area contributed by atoms with Gasteiger partial charge in [0.25, 0.3) is 0 Å². The molecule has 23 heavy (non-hydrogen) atoms. The van der Waals surface area contributed by atoms with E-state index in [1.165, 1.54) is 17.2 Å². The van der Waals surface area contributed by atoms with E-state index in [9.17, 15) is 14.6 Å².